The lowest BCUT2D eigenvalue weighted by Gasteiger charge is -2.29. The highest BCUT2D eigenvalue weighted by Gasteiger charge is 2.33. The number of amides is 1. The van der Waals surface area contributed by atoms with Crippen LogP contribution in [0.4, 0.5) is 11.6 Å². The minimum atomic E-state index is -0.445. The van der Waals surface area contributed by atoms with Crippen molar-refractivity contribution in [3.63, 3.8) is 0 Å². The van der Waals surface area contributed by atoms with Crippen LogP contribution in [0.25, 0.3) is 0 Å². The van der Waals surface area contributed by atoms with Crippen molar-refractivity contribution in [1.29, 1.82) is 0 Å². The number of rotatable bonds is 6. The van der Waals surface area contributed by atoms with Gasteiger partial charge in [-0.1, -0.05) is 53.6 Å². The lowest BCUT2D eigenvalue weighted by atomic mass is 9.94. The number of hydrogen-bond acceptors (Lipinski definition) is 5. The smallest absolute Gasteiger partial charge is 0.255 e. The number of carbonyl (C=O) groups is 1. The first-order valence-corrected chi connectivity index (χ1v) is 12.0. The van der Waals surface area contributed by atoms with E-state index < -0.39 is 6.04 Å². The van der Waals surface area contributed by atoms with Gasteiger partial charge in [0.05, 0.1) is 5.57 Å². The number of aryl methyl sites for hydroxylation is 2. The Bertz CT molecular complexity index is 1440. The monoisotopic (exact) mass is 499 g/mol. The standard InChI is InChI=1S/C28H26ClN5O2/c1-17-4-13-24(18(2)14-17)33-27(35)25-19(3)32-28-30-16-31-34(28)26(25)21-7-11-23(12-8-21)36-15-20-5-9-22(29)10-6-20/h4-14,16,26H,15H2,1-3H3,(H,33,35)(H,30,31,32)/t26-/m1/s1. The third-order valence-electron chi connectivity index (χ3n) is 6.18. The molecule has 2 heterocycles. The van der Waals surface area contributed by atoms with Gasteiger partial charge in [0.25, 0.3) is 5.91 Å². The Morgan fingerprint density at radius 1 is 1.06 bits per heavy atom. The van der Waals surface area contributed by atoms with Gasteiger partial charge < -0.3 is 15.4 Å². The molecule has 3 aromatic carbocycles. The van der Waals surface area contributed by atoms with Gasteiger partial charge in [-0.25, -0.2) is 4.68 Å². The lowest BCUT2D eigenvalue weighted by molar-refractivity contribution is -0.113. The first kappa shape index (κ1) is 23.6. The molecule has 0 spiro atoms. The Hall–Kier alpha value is -4.10. The number of hydrogen-bond donors (Lipinski definition) is 2. The number of ether oxygens (including phenoxy) is 1. The van der Waals surface area contributed by atoms with Crippen LogP contribution in [0.1, 0.15) is 35.2 Å². The van der Waals surface area contributed by atoms with Gasteiger partial charge in [0.2, 0.25) is 5.95 Å². The number of aromatic nitrogens is 3. The van der Waals surface area contributed by atoms with Crippen LogP contribution in [-0.2, 0) is 11.4 Å². The highest BCUT2D eigenvalue weighted by molar-refractivity contribution is 6.30. The van der Waals surface area contributed by atoms with Crippen LogP contribution < -0.4 is 15.4 Å². The van der Waals surface area contributed by atoms with E-state index >= 15 is 0 Å². The average molecular weight is 500 g/mol. The Kier molecular flexibility index (Phi) is 6.48. The molecule has 1 aromatic heterocycles. The molecule has 0 radical (unpaired) electrons. The van der Waals surface area contributed by atoms with Crippen molar-refractivity contribution in [2.24, 2.45) is 0 Å². The summed E-state index contributed by atoms with van der Waals surface area (Å²) in [6, 6.07) is 20.8. The van der Waals surface area contributed by atoms with Gasteiger partial charge in [0, 0.05) is 16.4 Å². The molecule has 5 rings (SSSR count). The van der Waals surface area contributed by atoms with Gasteiger partial charge in [-0.05, 0) is 67.8 Å². The van der Waals surface area contributed by atoms with Crippen molar-refractivity contribution >= 4 is 29.1 Å². The first-order valence-electron chi connectivity index (χ1n) is 11.6. The number of allylic oxidation sites excluding steroid dienone is 1. The number of carbonyl (C=O) groups excluding carboxylic acids is 1. The van der Waals surface area contributed by atoms with Gasteiger partial charge in [-0.3, -0.25) is 4.79 Å². The summed E-state index contributed by atoms with van der Waals surface area (Å²) in [5.74, 6) is 1.12. The second-order valence-electron chi connectivity index (χ2n) is 8.85. The normalized spacial score (nSPS) is 14.7. The molecule has 1 atom stereocenters. The second-order valence-corrected chi connectivity index (χ2v) is 9.29. The summed E-state index contributed by atoms with van der Waals surface area (Å²) in [5.41, 5.74) is 6.15. The molecule has 0 aliphatic carbocycles. The van der Waals surface area contributed by atoms with Crippen LogP contribution in [0.15, 0.2) is 84.3 Å². The van der Waals surface area contributed by atoms with Gasteiger partial charge in [-0.15, -0.1) is 0 Å². The summed E-state index contributed by atoms with van der Waals surface area (Å²) >= 11 is 5.96. The summed E-state index contributed by atoms with van der Waals surface area (Å²) < 4.78 is 7.67. The van der Waals surface area contributed by atoms with Crippen LogP contribution in [0, 0.1) is 13.8 Å². The van der Waals surface area contributed by atoms with E-state index in [2.05, 4.69) is 20.7 Å². The quantitative estimate of drug-likeness (QED) is 0.337. The minimum absolute atomic E-state index is 0.193. The van der Waals surface area contributed by atoms with E-state index in [-0.39, 0.29) is 5.91 Å². The van der Waals surface area contributed by atoms with Crippen LogP contribution in [0.3, 0.4) is 0 Å². The molecule has 1 aliphatic rings. The molecule has 0 unspecified atom stereocenters. The third kappa shape index (κ3) is 4.83. The summed E-state index contributed by atoms with van der Waals surface area (Å²) in [6.07, 6.45) is 1.48. The maximum absolute atomic E-state index is 13.6. The Morgan fingerprint density at radius 2 is 1.81 bits per heavy atom. The van der Waals surface area contributed by atoms with E-state index in [1.165, 1.54) is 6.33 Å². The molecule has 0 saturated carbocycles. The predicted octanol–water partition coefficient (Wildman–Crippen LogP) is 6.05. The fourth-order valence-electron chi connectivity index (χ4n) is 4.33. The lowest BCUT2D eigenvalue weighted by Crippen LogP contribution is -2.31. The zero-order valence-electron chi connectivity index (χ0n) is 20.2. The zero-order valence-corrected chi connectivity index (χ0v) is 21.0. The molecule has 36 heavy (non-hydrogen) atoms. The van der Waals surface area contributed by atoms with E-state index in [0.717, 1.165) is 39.4 Å². The number of fused-ring (bicyclic) bond motifs is 1. The molecule has 7 nitrogen and oxygen atoms in total. The highest BCUT2D eigenvalue weighted by atomic mass is 35.5. The van der Waals surface area contributed by atoms with Crippen molar-refractivity contribution in [2.45, 2.75) is 33.4 Å². The maximum atomic E-state index is 13.6. The fraction of sp³-hybridized carbons (Fsp3) is 0.179. The maximum Gasteiger partial charge on any atom is 0.255 e. The van der Waals surface area contributed by atoms with Gasteiger partial charge in [-0.2, -0.15) is 10.1 Å². The van der Waals surface area contributed by atoms with Gasteiger partial charge in [0.15, 0.2) is 0 Å². The van der Waals surface area contributed by atoms with Gasteiger partial charge in [0.1, 0.15) is 24.7 Å². The number of benzene rings is 3. The van der Waals surface area contributed by atoms with Gasteiger partial charge >= 0.3 is 0 Å². The number of halogens is 1. The molecule has 4 aromatic rings. The van der Waals surface area contributed by atoms with Crippen molar-refractivity contribution in [2.75, 3.05) is 10.6 Å². The molecular formula is C28H26ClN5O2. The first-order chi connectivity index (χ1) is 17.4. The topological polar surface area (TPSA) is 81.1 Å². The van der Waals surface area contributed by atoms with E-state index in [1.807, 2.05) is 87.5 Å². The Balaban J connectivity index is 1.41. The Labute approximate surface area is 214 Å². The molecule has 2 N–H and O–H groups in total. The minimum Gasteiger partial charge on any atom is -0.489 e. The zero-order chi connectivity index (χ0) is 25.2. The van der Waals surface area contributed by atoms with Crippen LogP contribution in [0.2, 0.25) is 5.02 Å². The summed E-state index contributed by atoms with van der Waals surface area (Å²) in [6.45, 7) is 6.32. The number of nitrogens with one attached hydrogen (secondary N) is 2. The SMILES string of the molecule is CC1=C(C(=O)Nc2ccc(C)cc2C)[C@@H](c2ccc(OCc3ccc(Cl)cc3)cc2)n2ncnc2N1. The third-order valence-corrected chi connectivity index (χ3v) is 6.44. The molecule has 8 heteroatoms. The van der Waals surface area contributed by atoms with E-state index in [9.17, 15) is 4.79 Å². The summed E-state index contributed by atoms with van der Waals surface area (Å²) in [5, 5.41) is 11.4. The summed E-state index contributed by atoms with van der Waals surface area (Å²) in [7, 11) is 0. The Morgan fingerprint density at radius 3 is 2.53 bits per heavy atom. The fourth-order valence-corrected chi connectivity index (χ4v) is 4.46. The van der Waals surface area contributed by atoms with Crippen LogP contribution in [0.5, 0.6) is 5.75 Å². The molecule has 1 aliphatic heterocycles. The van der Waals surface area contributed by atoms with Crippen molar-refractivity contribution in [3.05, 3.63) is 112 Å². The van der Waals surface area contributed by atoms with Crippen molar-refractivity contribution in [1.82, 2.24) is 14.8 Å². The molecule has 182 valence electrons. The van der Waals surface area contributed by atoms with Crippen LogP contribution >= 0.6 is 11.6 Å². The number of nitrogens with zero attached hydrogens (tertiary/aromatic N) is 3. The van der Waals surface area contributed by atoms with E-state index in [1.54, 1.807) is 4.68 Å². The molecule has 0 saturated heterocycles. The van der Waals surface area contributed by atoms with E-state index in [4.69, 9.17) is 16.3 Å². The average Bonchev–Trinajstić information content (AvgIpc) is 3.33. The number of anilines is 2. The molecular weight excluding hydrogens is 474 g/mol. The van der Waals surface area contributed by atoms with E-state index in [0.29, 0.717) is 23.2 Å². The predicted molar refractivity (Wildman–Crippen MR) is 141 cm³/mol. The van der Waals surface area contributed by atoms with Crippen molar-refractivity contribution in [3.8, 4) is 5.75 Å². The van der Waals surface area contributed by atoms with Crippen molar-refractivity contribution < 1.29 is 9.53 Å². The molecule has 0 fully saturated rings. The molecule has 0 bridgehead atoms. The van der Waals surface area contributed by atoms with Crippen LogP contribution in [-0.4, -0.2) is 20.7 Å². The summed E-state index contributed by atoms with van der Waals surface area (Å²) in [4.78, 5) is 17.9. The highest BCUT2D eigenvalue weighted by Crippen LogP contribution is 2.36. The molecule has 1 amide bonds. The second kappa shape index (κ2) is 9.87. The largest absolute Gasteiger partial charge is 0.489 e.